The number of anilines is 1. The summed E-state index contributed by atoms with van der Waals surface area (Å²) < 4.78 is 34.8. The highest BCUT2D eigenvalue weighted by atomic mass is 32.2. The molecule has 0 unspecified atom stereocenters. The molecule has 3 aromatic carbocycles. The number of methoxy groups -OCH3 is 1. The maximum Gasteiger partial charge on any atom is 0.269 e. The Morgan fingerprint density at radius 1 is 0.943 bits per heavy atom. The molecule has 11 heteroatoms. The Hall–Kier alpha value is -4.38. The van der Waals surface area contributed by atoms with Crippen molar-refractivity contribution in [3.05, 3.63) is 84.2 Å². The molecule has 4 aromatic rings. The smallest absolute Gasteiger partial charge is 0.269 e. The molecule has 0 radical (unpaired) electrons. The predicted molar refractivity (Wildman–Crippen MR) is 130 cm³/mol. The lowest BCUT2D eigenvalue weighted by Crippen LogP contribution is -2.42. The predicted octanol–water partition coefficient (Wildman–Crippen LogP) is 2.39. The Kier molecular flexibility index (Phi) is 6.69. The van der Waals surface area contributed by atoms with Gasteiger partial charge in [-0.05, 0) is 48.5 Å². The first-order chi connectivity index (χ1) is 16.8. The van der Waals surface area contributed by atoms with E-state index in [4.69, 9.17) is 4.74 Å². The van der Waals surface area contributed by atoms with Crippen LogP contribution in [0.15, 0.2) is 77.7 Å². The van der Waals surface area contributed by atoms with Crippen molar-refractivity contribution in [1.29, 1.82) is 0 Å². The zero-order valence-electron chi connectivity index (χ0n) is 19.0. The molecular weight excluding hydrogens is 470 g/mol. The fraction of sp³-hybridized carbons (Fsp3) is 0.125. The second-order valence-electron chi connectivity index (χ2n) is 7.58. The number of sulfonamides is 1. The van der Waals surface area contributed by atoms with Crippen molar-refractivity contribution in [1.82, 2.24) is 20.4 Å². The summed E-state index contributed by atoms with van der Waals surface area (Å²) >= 11 is 0. The second-order valence-corrected chi connectivity index (χ2v) is 9.27. The lowest BCUT2D eigenvalue weighted by atomic mass is 10.2. The van der Waals surface area contributed by atoms with Gasteiger partial charge in [0.15, 0.2) is 0 Å². The number of ether oxygens (including phenoxy) is 1. The van der Waals surface area contributed by atoms with Gasteiger partial charge >= 0.3 is 0 Å². The fourth-order valence-corrected chi connectivity index (χ4v) is 4.53. The number of nitrogens with zero attached hydrogens (tertiary/aromatic N) is 2. The maximum absolute atomic E-state index is 12.7. The molecule has 0 aliphatic rings. The topological polar surface area (TPSA) is 131 Å². The number of para-hydroxylation sites is 4. The van der Waals surface area contributed by atoms with Crippen LogP contribution in [0, 0.1) is 0 Å². The molecule has 10 nitrogen and oxygen atoms in total. The third-order valence-electron chi connectivity index (χ3n) is 5.29. The van der Waals surface area contributed by atoms with Gasteiger partial charge in [0.25, 0.3) is 15.9 Å². The quantitative estimate of drug-likeness (QED) is 0.339. The van der Waals surface area contributed by atoms with E-state index < -0.39 is 21.8 Å². The summed E-state index contributed by atoms with van der Waals surface area (Å²) in [4.78, 5) is 29.1. The van der Waals surface area contributed by atoms with Gasteiger partial charge in [-0.1, -0.05) is 24.3 Å². The number of aromatic nitrogens is 2. The monoisotopic (exact) mass is 493 g/mol. The van der Waals surface area contributed by atoms with Crippen molar-refractivity contribution in [2.75, 3.05) is 11.8 Å². The van der Waals surface area contributed by atoms with Crippen LogP contribution in [0.3, 0.4) is 0 Å². The summed E-state index contributed by atoms with van der Waals surface area (Å²) in [7, 11) is -0.648. The zero-order chi connectivity index (χ0) is 25.0. The van der Waals surface area contributed by atoms with Crippen LogP contribution in [0.4, 0.5) is 5.69 Å². The van der Waals surface area contributed by atoms with Gasteiger partial charge in [0.05, 0.1) is 35.1 Å². The van der Waals surface area contributed by atoms with Gasteiger partial charge in [-0.25, -0.2) is 13.4 Å². The van der Waals surface area contributed by atoms with Crippen LogP contribution in [0.2, 0.25) is 0 Å². The van der Waals surface area contributed by atoms with Gasteiger partial charge < -0.3 is 9.30 Å². The highest BCUT2D eigenvalue weighted by Gasteiger charge is 2.18. The first kappa shape index (κ1) is 23.8. The van der Waals surface area contributed by atoms with Crippen molar-refractivity contribution in [3.8, 4) is 5.75 Å². The minimum Gasteiger partial charge on any atom is -0.495 e. The van der Waals surface area contributed by atoms with Crippen LogP contribution in [0.1, 0.15) is 16.2 Å². The van der Waals surface area contributed by atoms with Crippen LogP contribution in [0.25, 0.3) is 11.0 Å². The molecule has 0 atom stereocenters. The number of carbonyl (C=O) groups excluding carboxylic acids is 2. The Labute approximate surface area is 202 Å². The summed E-state index contributed by atoms with van der Waals surface area (Å²) in [5, 5.41) is 0. The molecule has 180 valence electrons. The van der Waals surface area contributed by atoms with Crippen LogP contribution < -0.4 is 20.3 Å². The number of hydrogen-bond donors (Lipinski definition) is 3. The molecular formula is C24H23N5O5S. The first-order valence-corrected chi connectivity index (χ1v) is 12.0. The van der Waals surface area contributed by atoms with Crippen LogP contribution in [-0.4, -0.2) is 36.9 Å². The third-order valence-corrected chi connectivity index (χ3v) is 6.67. The number of rotatable bonds is 7. The number of aryl methyl sites for hydroxylation is 1. The number of benzene rings is 3. The van der Waals surface area contributed by atoms with E-state index in [1.54, 1.807) is 24.3 Å². The Bertz CT molecular complexity index is 1500. The normalized spacial score (nSPS) is 11.1. The molecule has 0 fully saturated rings. The zero-order valence-corrected chi connectivity index (χ0v) is 19.8. The lowest BCUT2D eigenvalue weighted by Gasteiger charge is -2.12. The second kappa shape index (κ2) is 9.85. The molecule has 0 aliphatic heterocycles. The molecule has 0 aliphatic carbocycles. The molecule has 3 N–H and O–H groups in total. The summed E-state index contributed by atoms with van der Waals surface area (Å²) in [5.41, 5.74) is 6.82. The van der Waals surface area contributed by atoms with Gasteiger partial charge in [-0.15, -0.1) is 0 Å². The van der Waals surface area contributed by atoms with E-state index in [2.05, 4.69) is 20.6 Å². The van der Waals surface area contributed by atoms with Crippen molar-refractivity contribution < 1.29 is 22.7 Å². The Morgan fingerprint density at radius 2 is 1.63 bits per heavy atom. The first-order valence-electron chi connectivity index (χ1n) is 10.5. The third kappa shape index (κ3) is 5.25. The Morgan fingerprint density at radius 3 is 2.34 bits per heavy atom. The summed E-state index contributed by atoms with van der Waals surface area (Å²) in [6, 6.07) is 19.4. The van der Waals surface area contributed by atoms with E-state index in [9.17, 15) is 18.0 Å². The van der Waals surface area contributed by atoms with Gasteiger partial charge in [0, 0.05) is 12.6 Å². The number of nitrogens with one attached hydrogen (secondary N) is 3. The minimum absolute atomic E-state index is 0.0305. The lowest BCUT2D eigenvalue weighted by molar-refractivity contribution is -0.121. The number of fused-ring (bicyclic) bond motifs is 1. The average Bonchev–Trinajstić information content (AvgIpc) is 3.17. The molecule has 0 saturated carbocycles. The molecule has 35 heavy (non-hydrogen) atoms. The minimum atomic E-state index is -3.90. The molecule has 4 rings (SSSR count). The van der Waals surface area contributed by atoms with E-state index in [-0.39, 0.29) is 16.9 Å². The van der Waals surface area contributed by atoms with Gasteiger partial charge in [0.2, 0.25) is 5.91 Å². The molecule has 0 saturated heterocycles. The highest BCUT2D eigenvalue weighted by Crippen LogP contribution is 2.26. The number of amides is 2. The van der Waals surface area contributed by atoms with E-state index >= 15 is 0 Å². The molecule has 2 amide bonds. The van der Waals surface area contributed by atoms with Gasteiger partial charge in [0.1, 0.15) is 11.6 Å². The number of imidazole rings is 1. The van der Waals surface area contributed by atoms with E-state index in [0.29, 0.717) is 17.3 Å². The van der Waals surface area contributed by atoms with E-state index in [0.717, 1.165) is 11.0 Å². The average molecular weight is 494 g/mol. The maximum atomic E-state index is 12.7. The SMILES string of the molecule is COc1ccccc1NS(=O)(=O)c1ccc(C(=O)NNC(=O)Cc2nc3ccccc3n2C)cc1. The summed E-state index contributed by atoms with van der Waals surface area (Å²) in [5.74, 6) is -0.113. The van der Waals surface area contributed by atoms with Crippen molar-refractivity contribution in [2.24, 2.45) is 7.05 Å². The Balaban J connectivity index is 1.37. The largest absolute Gasteiger partial charge is 0.495 e. The fourth-order valence-electron chi connectivity index (χ4n) is 3.46. The molecule has 0 bridgehead atoms. The molecule has 1 aromatic heterocycles. The van der Waals surface area contributed by atoms with Crippen molar-refractivity contribution in [3.63, 3.8) is 0 Å². The van der Waals surface area contributed by atoms with Gasteiger partial charge in [-0.2, -0.15) is 0 Å². The summed E-state index contributed by atoms with van der Waals surface area (Å²) in [6.07, 6.45) is -0.0305. The highest BCUT2D eigenvalue weighted by molar-refractivity contribution is 7.92. The van der Waals surface area contributed by atoms with Crippen molar-refractivity contribution in [2.45, 2.75) is 11.3 Å². The van der Waals surface area contributed by atoms with Crippen LogP contribution >= 0.6 is 0 Å². The number of hydrogen-bond acceptors (Lipinski definition) is 6. The van der Waals surface area contributed by atoms with Crippen molar-refractivity contribution >= 4 is 38.6 Å². The number of hydrazine groups is 1. The molecule has 1 heterocycles. The summed E-state index contributed by atoms with van der Waals surface area (Å²) in [6.45, 7) is 0. The number of carbonyl (C=O) groups is 2. The van der Waals surface area contributed by atoms with E-state index in [1.165, 1.54) is 31.4 Å². The molecule has 0 spiro atoms. The standard InChI is InChI=1S/C24H23N5O5S/c1-29-20-9-5-3-7-18(20)25-22(29)15-23(30)26-27-24(31)16-11-13-17(14-12-16)35(32,33)28-19-8-4-6-10-21(19)34-2/h3-14,28H,15H2,1-2H3,(H,26,30)(H,27,31). The van der Waals surface area contributed by atoms with Crippen LogP contribution in [0.5, 0.6) is 5.75 Å². The van der Waals surface area contributed by atoms with Gasteiger partial charge in [-0.3, -0.25) is 25.2 Å². The van der Waals surface area contributed by atoms with Crippen LogP contribution in [-0.2, 0) is 28.3 Å². The van der Waals surface area contributed by atoms with E-state index in [1.807, 2.05) is 35.9 Å².